The molecule has 0 saturated carbocycles. The maximum Gasteiger partial charge on any atom is 0.376 e. The fourth-order valence-electron chi connectivity index (χ4n) is 4.44. The number of thioether (sulfide) groups is 1. The van der Waals surface area contributed by atoms with Crippen LogP contribution in [0.2, 0.25) is 5.02 Å². The van der Waals surface area contributed by atoms with Gasteiger partial charge in [-0.15, -0.1) is 0 Å². The Morgan fingerprint density at radius 1 is 1.15 bits per heavy atom. The van der Waals surface area contributed by atoms with Crippen molar-refractivity contribution in [3.05, 3.63) is 70.5 Å². The standard InChI is InChI=1S/C25H22ClN3O7S3/c1-38(31,32)27-22(30)15-29-19-13-17(26)8-10-21(19)37-24(29)14-23-28(11-4-12-39(33,34)35)25-18-6-3-2-5-16(18)7-9-20(25)36-23/h2-3,5-10,13-14H,4,11-12,15H2,1H3,(H-,27,30,33,34,35)/p+1. The lowest BCUT2D eigenvalue weighted by Gasteiger charge is -2.19. The van der Waals surface area contributed by atoms with Crippen molar-refractivity contribution in [2.75, 3.05) is 23.5 Å². The summed E-state index contributed by atoms with van der Waals surface area (Å²) in [6.45, 7) is -0.0803. The number of amides is 1. The van der Waals surface area contributed by atoms with Crippen LogP contribution < -0.4 is 14.2 Å². The third kappa shape index (κ3) is 6.23. The van der Waals surface area contributed by atoms with E-state index in [4.69, 9.17) is 16.0 Å². The van der Waals surface area contributed by atoms with Gasteiger partial charge in [-0.2, -0.15) is 13.0 Å². The Balaban J connectivity index is 1.63. The van der Waals surface area contributed by atoms with Crippen molar-refractivity contribution in [1.29, 1.82) is 0 Å². The molecule has 204 valence electrons. The van der Waals surface area contributed by atoms with Gasteiger partial charge in [-0.25, -0.2) is 8.42 Å². The predicted molar refractivity (Wildman–Crippen MR) is 151 cm³/mol. The number of benzene rings is 3. The SMILES string of the molecule is CS(=O)(=O)NC(=O)CN1C(=Cc2oc3ccc4ccccc4c3[n+]2CCCS(=O)(=O)O)Sc2ccc(Cl)cc21. The highest BCUT2D eigenvalue weighted by Gasteiger charge is 2.31. The van der Waals surface area contributed by atoms with Gasteiger partial charge in [-0.1, -0.05) is 47.6 Å². The summed E-state index contributed by atoms with van der Waals surface area (Å²) >= 11 is 7.57. The van der Waals surface area contributed by atoms with Gasteiger partial charge >= 0.3 is 5.89 Å². The summed E-state index contributed by atoms with van der Waals surface area (Å²) in [6.07, 6.45) is 2.74. The molecular formula is C25H23ClN3O7S3+. The van der Waals surface area contributed by atoms with Crippen LogP contribution in [-0.2, 0) is 31.5 Å². The van der Waals surface area contributed by atoms with E-state index in [2.05, 4.69) is 0 Å². The Morgan fingerprint density at radius 2 is 1.92 bits per heavy atom. The van der Waals surface area contributed by atoms with Crippen LogP contribution in [-0.4, -0.2) is 45.8 Å². The van der Waals surface area contributed by atoms with Gasteiger partial charge in [-0.05, 0) is 35.7 Å². The molecule has 0 aliphatic carbocycles. The van der Waals surface area contributed by atoms with Crippen LogP contribution in [0.4, 0.5) is 5.69 Å². The molecule has 0 fully saturated rings. The van der Waals surface area contributed by atoms with E-state index in [0.29, 0.717) is 27.2 Å². The number of hydrogen-bond acceptors (Lipinski definition) is 8. The molecular weight excluding hydrogens is 586 g/mol. The third-order valence-electron chi connectivity index (χ3n) is 5.94. The quantitative estimate of drug-likeness (QED) is 0.226. The summed E-state index contributed by atoms with van der Waals surface area (Å²) in [5.74, 6) is -0.774. The Morgan fingerprint density at radius 3 is 2.67 bits per heavy atom. The molecule has 1 aromatic heterocycles. The molecule has 14 heteroatoms. The van der Waals surface area contributed by atoms with Crippen LogP contribution >= 0.6 is 23.4 Å². The average Bonchev–Trinajstić information content (AvgIpc) is 3.35. The van der Waals surface area contributed by atoms with E-state index in [1.165, 1.54) is 11.8 Å². The number of fused-ring (bicyclic) bond motifs is 4. The molecule has 1 aliphatic heterocycles. The molecule has 5 rings (SSSR count). The molecule has 0 atom stereocenters. The fourth-order valence-corrected chi connectivity index (χ4v) is 6.65. The summed E-state index contributed by atoms with van der Waals surface area (Å²) in [7, 11) is -7.93. The van der Waals surface area contributed by atoms with Gasteiger partial charge in [0.1, 0.15) is 6.54 Å². The number of aromatic nitrogens is 1. The number of oxazole rings is 1. The summed E-state index contributed by atoms with van der Waals surface area (Å²) < 4.78 is 65.4. The van der Waals surface area contributed by atoms with Crippen LogP contribution in [0.5, 0.6) is 0 Å². The highest BCUT2D eigenvalue weighted by Crippen LogP contribution is 2.47. The van der Waals surface area contributed by atoms with Gasteiger partial charge in [0.15, 0.2) is 6.54 Å². The first-order valence-electron chi connectivity index (χ1n) is 11.6. The number of sulfonamides is 1. The zero-order chi connectivity index (χ0) is 27.9. The highest BCUT2D eigenvalue weighted by molar-refractivity contribution is 8.03. The lowest BCUT2D eigenvalue weighted by atomic mass is 10.1. The fraction of sp³-hybridized carbons (Fsp3) is 0.200. The van der Waals surface area contributed by atoms with Gasteiger partial charge < -0.3 is 9.32 Å². The first-order chi connectivity index (χ1) is 18.4. The van der Waals surface area contributed by atoms with Crippen molar-refractivity contribution < 1.29 is 35.2 Å². The number of carbonyl (C=O) groups is 1. The molecule has 39 heavy (non-hydrogen) atoms. The van der Waals surface area contributed by atoms with Gasteiger partial charge in [0.2, 0.25) is 15.6 Å². The summed E-state index contributed by atoms with van der Waals surface area (Å²) in [6, 6.07) is 16.7. The van der Waals surface area contributed by atoms with Crippen LogP contribution in [0.15, 0.2) is 68.9 Å². The minimum Gasteiger partial charge on any atom is -0.398 e. The van der Waals surface area contributed by atoms with Crippen molar-refractivity contribution in [3.63, 3.8) is 0 Å². The van der Waals surface area contributed by atoms with Crippen molar-refractivity contribution in [2.24, 2.45) is 0 Å². The minimum atomic E-state index is -4.16. The molecule has 0 spiro atoms. The zero-order valence-corrected chi connectivity index (χ0v) is 23.7. The number of hydrogen-bond donors (Lipinski definition) is 2. The number of carbonyl (C=O) groups excluding carboxylic acids is 1. The van der Waals surface area contributed by atoms with E-state index < -0.39 is 31.8 Å². The summed E-state index contributed by atoms with van der Waals surface area (Å²) in [5.41, 5.74) is 1.94. The molecule has 2 N–H and O–H groups in total. The summed E-state index contributed by atoms with van der Waals surface area (Å²) in [5, 5.41) is 2.88. The highest BCUT2D eigenvalue weighted by atomic mass is 35.5. The van der Waals surface area contributed by atoms with E-state index in [1.807, 2.05) is 45.7 Å². The van der Waals surface area contributed by atoms with Gasteiger partial charge in [0, 0.05) is 16.3 Å². The first-order valence-corrected chi connectivity index (χ1v) is 16.3. The Bertz CT molecular complexity index is 1870. The van der Waals surface area contributed by atoms with Crippen LogP contribution in [0.25, 0.3) is 27.9 Å². The second kappa shape index (κ2) is 10.5. The second-order valence-electron chi connectivity index (χ2n) is 8.95. The molecule has 4 aromatic rings. The number of rotatable bonds is 8. The smallest absolute Gasteiger partial charge is 0.376 e. The monoisotopic (exact) mass is 608 g/mol. The topological polar surface area (TPSA) is 138 Å². The zero-order valence-electron chi connectivity index (χ0n) is 20.5. The lowest BCUT2D eigenvalue weighted by Crippen LogP contribution is -2.39. The van der Waals surface area contributed by atoms with Gasteiger partial charge in [-0.3, -0.25) is 14.1 Å². The maximum atomic E-state index is 12.6. The minimum absolute atomic E-state index is 0.126. The van der Waals surface area contributed by atoms with E-state index in [0.717, 1.165) is 27.4 Å². The third-order valence-corrected chi connectivity index (χ3v) is 8.69. The summed E-state index contributed by atoms with van der Waals surface area (Å²) in [4.78, 5) is 15.0. The number of aryl methyl sites for hydroxylation is 1. The molecule has 1 amide bonds. The lowest BCUT2D eigenvalue weighted by molar-refractivity contribution is -0.677. The molecule has 0 bridgehead atoms. The van der Waals surface area contributed by atoms with Gasteiger partial charge in [0.05, 0.1) is 34.2 Å². The first kappa shape index (κ1) is 27.5. The van der Waals surface area contributed by atoms with E-state index >= 15 is 0 Å². The molecule has 10 nitrogen and oxygen atoms in total. The number of halogens is 1. The molecule has 2 heterocycles. The van der Waals surface area contributed by atoms with Crippen molar-refractivity contribution in [1.82, 2.24) is 4.72 Å². The Hall–Kier alpha value is -3.10. The molecule has 1 aliphatic rings. The van der Waals surface area contributed by atoms with Crippen LogP contribution in [0, 0.1) is 0 Å². The van der Waals surface area contributed by atoms with E-state index in [9.17, 15) is 26.2 Å². The number of nitrogens with zero attached hydrogens (tertiary/aromatic N) is 2. The Kier molecular flexibility index (Phi) is 7.37. The van der Waals surface area contributed by atoms with E-state index in [1.54, 1.807) is 29.2 Å². The van der Waals surface area contributed by atoms with Crippen LogP contribution in [0.3, 0.4) is 0 Å². The van der Waals surface area contributed by atoms with E-state index in [-0.39, 0.29) is 19.5 Å². The number of anilines is 1. The molecule has 0 saturated heterocycles. The van der Waals surface area contributed by atoms with Gasteiger partial charge in [0.25, 0.3) is 21.5 Å². The second-order valence-corrected chi connectivity index (χ2v) is 13.8. The van der Waals surface area contributed by atoms with Crippen LogP contribution in [0.1, 0.15) is 12.3 Å². The largest absolute Gasteiger partial charge is 0.398 e. The number of nitrogens with one attached hydrogen (secondary N) is 1. The van der Waals surface area contributed by atoms with Crippen molar-refractivity contribution in [2.45, 2.75) is 17.9 Å². The normalized spacial score (nSPS) is 14.8. The molecule has 3 aromatic carbocycles. The predicted octanol–water partition coefficient (Wildman–Crippen LogP) is 3.79. The molecule has 0 radical (unpaired) electrons. The maximum absolute atomic E-state index is 12.6. The van der Waals surface area contributed by atoms with Crippen molar-refractivity contribution in [3.8, 4) is 0 Å². The van der Waals surface area contributed by atoms with Crippen molar-refractivity contribution >= 4 is 83.0 Å². The average molecular weight is 609 g/mol. The Labute approximate surface area is 234 Å². The molecule has 0 unspecified atom stereocenters.